The van der Waals surface area contributed by atoms with Crippen LogP contribution in [0, 0.1) is 0 Å². The van der Waals surface area contributed by atoms with Crippen molar-refractivity contribution in [2.45, 2.75) is 26.2 Å². The third kappa shape index (κ3) is 4.33. The number of para-hydroxylation sites is 1. The minimum Gasteiger partial charge on any atom is -0.308 e. The Hall–Kier alpha value is -1.95. The van der Waals surface area contributed by atoms with Gasteiger partial charge in [-0.25, -0.2) is 4.79 Å². The third-order valence-electron chi connectivity index (χ3n) is 2.46. The van der Waals surface area contributed by atoms with Gasteiger partial charge in [0.1, 0.15) is 5.01 Å². The van der Waals surface area contributed by atoms with Crippen molar-refractivity contribution < 1.29 is 4.79 Å². The number of unbranched alkanes of at least 4 members (excludes halogenated alkanes) is 1. The summed E-state index contributed by atoms with van der Waals surface area (Å²) in [6, 6.07) is 8.98. The Morgan fingerprint density at radius 2 is 2.00 bits per heavy atom. The molecule has 0 saturated heterocycles. The van der Waals surface area contributed by atoms with Crippen molar-refractivity contribution in [2.75, 3.05) is 10.6 Å². The standard InChI is InChI=1S/C13H16N4OS/c1-2-3-9-11-16-17-13(19-11)15-12(18)14-10-7-5-4-6-8-10/h4-8H,2-3,9H2,1H3,(H2,14,15,17,18). The molecule has 0 fully saturated rings. The fourth-order valence-electron chi connectivity index (χ4n) is 1.51. The van der Waals surface area contributed by atoms with Crippen molar-refractivity contribution in [3.63, 3.8) is 0 Å². The highest BCUT2D eigenvalue weighted by atomic mass is 32.1. The number of carbonyl (C=O) groups is 1. The molecule has 0 radical (unpaired) electrons. The van der Waals surface area contributed by atoms with E-state index in [1.54, 1.807) is 0 Å². The highest BCUT2D eigenvalue weighted by molar-refractivity contribution is 7.15. The molecule has 1 heterocycles. The highest BCUT2D eigenvalue weighted by Gasteiger charge is 2.07. The molecule has 5 nitrogen and oxygen atoms in total. The van der Waals surface area contributed by atoms with Crippen LogP contribution in [-0.4, -0.2) is 16.2 Å². The molecule has 2 aromatic rings. The molecule has 0 saturated carbocycles. The van der Waals surface area contributed by atoms with E-state index in [0.717, 1.165) is 30.0 Å². The molecule has 0 bridgehead atoms. The first-order valence-corrected chi connectivity index (χ1v) is 7.05. The van der Waals surface area contributed by atoms with E-state index >= 15 is 0 Å². The van der Waals surface area contributed by atoms with Gasteiger partial charge in [0, 0.05) is 12.1 Å². The van der Waals surface area contributed by atoms with Crippen LogP contribution in [0.5, 0.6) is 0 Å². The second kappa shape index (κ2) is 6.84. The first-order valence-electron chi connectivity index (χ1n) is 6.23. The van der Waals surface area contributed by atoms with Gasteiger partial charge in [-0.2, -0.15) is 0 Å². The van der Waals surface area contributed by atoms with E-state index in [0.29, 0.717) is 5.13 Å². The van der Waals surface area contributed by atoms with E-state index < -0.39 is 0 Å². The van der Waals surface area contributed by atoms with Gasteiger partial charge in [0.15, 0.2) is 0 Å². The van der Waals surface area contributed by atoms with Crippen molar-refractivity contribution in [1.29, 1.82) is 0 Å². The number of nitrogens with one attached hydrogen (secondary N) is 2. The molecule has 1 aromatic carbocycles. The molecular weight excluding hydrogens is 260 g/mol. The van der Waals surface area contributed by atoms with Crippen LogP contribution in [0.1, 0.15) is 24.8 Å². The maximum absolute atomic E-state index is 11.7. The van der Waals surface area contributed by atoms with Crippen LogP contribution in [0.2, 0.25) is 0 Å². The van der Waals surface area contributed by atoms with Crippen LogP contribution in [0.25, 0.3) is 0 Å². The lowest BCUT2D eigenvalue weighted by Crippen LogP contribution is -2.19. The van der Waals surface area contributed by atoms with E-state index in [1.807, 2.05) is 30.3 Å². The highest BCUT2D eigenvalue weighted by Crippen LogP contribution is 2.17. The Kier molecular flexibility index (Phi) is 4.85. The molecule has 100 valence electrons. The molecule has 6 heteroatoms. The summed E-state index contributed by atoms with van der Waals surface area (Å²) in [4.78, 5) is 11.7. The van der Waals surface area contributed by atoms with E-state index in [-0.39, 0.29) is 6.03 Å². The molecule has 0 atom stereocenters. The number of anilines is 2. The summed E-state index contributed by atoms with van der Waals surface area (Å²) >= 11 is 1.42. The quantitative estimate of drug-likeness (QED) is 0.878. The molecule has 19 heavy (non-hydrogen) atoms. The van der Waals surface area contributed by atoms with Crippen molar-refractivity contribution in [2.24, 2.45) is 0 Å². The normalized spacial score (nSPS) is 10.2. The Morgan fingerprint density at radius 1 is 1.21 bits per heavy atom. The summed E-state index contributed by atoms with van der Waals surface area (Å²) < 4.78 is 0. The number of hydrogen-bond acceptors (Lipinski definition) is 4. The Morgan fingerprint density at radius 3 is 2.74 bits per heavy atom. The predicted octanol–water partition coefficient (Wildman–Crippen LogP) is 3.52. The first kappa shape index (κ1) is 13.5. The number of aromatic nitrogens is 2. The number of nitrogens with zero attached hydrogens (tertiary/aromatic N) is 2. The van der Waals surface area contributed by atoms with Gasteiger partial charge >= 0.3 is 6.03 Å². The Bertz CT molecular complexity index is 526. The summed E-state index contributed by atoms with van der Waals surface area (Å²) in [7, 11) is 0. The van der Waals surface area contributed by atoms with E-state index in [1.165, 1.54) is 11.3 Å². The fourth-order valence-corrected chi connectivity index (χ4v) is 2.29. The second-order valence-corrected chi connectivity index (χ2v) is 5.11. The summed E-state index contributed by atoms with van der Waals surface area (Å²) in [5.74, 6) is 0. The summed E-state index contributed by atoms with van der Waals surface area (Å²) in [5.41, 5.74) is 0.746. The number of carbonyl (C=O) groups excluding carboxylic acids is 1. The molecule has 0 unspecified atom stereocenters. The smallest absolute Gasteiger partial charge is 0.308 e. The van der Waals surface area contributed by atoms with Gasteiger partial charge < -0.3 is 5.32 Å². The fraction of sp³-hybridized carbons (Fsp3) is 0.308. The minimum atomic E-state index is -0.301. The number of amides is 2. The van der Waals surface area contributed by atoms with Crippen LogP contribution >= 0.6 is 11.3 Å². The van der Waals surface area contributed by atoms with Gasteiger partial charge in [0.25, 0.3) is 0 Å². The largest absolute Gasteiger partial charge is 0.325 e. The molecule has 0 aliphatic heterocycles. The topological polar surface area (TPSA) is 66.9 Å². The average Bonchev–Trinajstić information content (AvgIpc) is 2.85. The minimum absolute atomic E-state index is 0.301. The first-order chi connectivity index (χ1) is 9.28. The molecule has 0 aliphatic rings. The molecule has 2 amide bonds. The summed E-state index contributed by atoms with van der Waals surface area (Å²) in [5, 5.41) is 14.9. The van der Waals surface area contributed by atoms with Gasteiger partial charge in [0.05, 0.1) is 0 Å². The SMILES string of the molecule is CCCCc1nnc(NC(=O)Nc2ccccc2)s1. The lowest BCUT2D eigenvalue weighted by Gasteiger charge is -2.03. The maximum Gasteiger partial charge on any atom is 0.325 e. The van der Waals surface area contributed by atoms with Crippen LogP contribution in [-0.2, 0) is 6.42 Å². The Labute approximate surface area is 116 Å². The number of aryl methyl sites for hydroxylation is 1. The zero-order chi connectivity index (χ0) is 13.5. The monoisotopic (exact) mass is 276 g/mol. The number of rotatable bonds is 5. The van der Waals surface area contributed by atoms with Gasteiger partial charge in [-0.15, -0.1) is 10.2 Å². The molecule has 1 aromatic heterocycles. The summed E-state index contributed by atoms with van der Waals surface area (Å²) in [6.07, 6.45) is 3.12. The van der Waals surface area contributed by atoms with Gasteiger partial charge in [-0.3, -0.25) is 5.32 Å². The second-order valence-electron chi connectivity index (χ2n) is 4.05. The Balaban J connectivity index is 1.86. The van der Waals surface area contributed by atoms with Crippen LogP contribution in [0.4, 0.5) is 15.6 Å². The van der Waals surface area contributed by atoms with Crippen molar-refractivity contribution >= 4 is 28.2 Å². The molecular formula is C13H16N4OS. The molecule has 2 N–H and O–H groups in total. The number of hydrogen-bond donors (Lipinski definition) is 2. The van der Waals surface area contributed by atoms with E-state index in [4.69, 9.17) is 0 Å². The van der Waals surface area contributed by atoms with Crippen molar-refractivity contribution in [3.05, 3.63) is 35.3 Å². The zero-order valence-corrected chi connectivity index (χ0v) is 11.5. The maximum atomic E-state index is 11.7. The van der Waals surface area contributed by atoms with E-state index in [9.17, 15) is 4.79 Å². The molecule has 2 rings (SSSR count). The van der Waals surface area contributed by atoms with Crippen molar-refractivity contribution in [1.82, 2.24) is 10.2 Å². The third-order valence-corrected chi connectivity index (χ3v) is 3.36. The molecule has 0 aliphatic carbocycles. The lowest BCUT2D eigenvalue weighted by atomic mass is 10.3. The van der Waals surface area contributed by atoms with Crippen molar-refractivity contribution in [3.8, 4) is 0 Å². The molecule has 0 spiro atoms. The van der Waals surface area contributed by atoms with Gasteiger partial charge in [-0.1, -0.05) is 42.9 Å². The van der Waals surface area contributed by atoms with Gasteiger partial charge in [-0.05, 0) is 18.6 Å². The van der Waals surface area contributed by atoms with Gasteiger partial charge in [0.2, 0.25) is 5.13 Å². The number of urea groups is 1. The zero-order valence-electron chi connectivity index (χ0n) is 10.7. The van der Waals surface area contributed by atoms with Crippen LogP contribution in [0.3, 0.4) is 0 Å². The predicted molar refractivity (Wildman–Crippen MR) is 77.6 cm³/mol. The average molecular weight is 276 g/mol. The van der Waals surface area contributed by atoms with Crippen LogP contribution in [0.15, 0.2) is 30.3 Å². The summed E-state index contributed by atoms with van der Waals surface area (Å²) in [6.45, 7) is 2.13. The van der Waals surface area contributed by atoms with Crippen LogP contribution < -0.4 is 10.6 Å². The lowest BCUT2D eigenvalue weighted by molar-refractivity contribution is 0.262. The number of benzene rings is 1. The van der Waals surface area contributed by atoms with E-state index in [2.05, 4.69) is 27.8 Å².